The molecule has 0 spiro atoms. The average molecular weight is 434 g/mol. The molecular weight excluding hydrogens is 415 g/mol. The van der Waals surface area contributed by atoms with Crippen molar-refractivity contribution >= 4 is 28.3 Å². The minimum absolute atomic E-state index is 0.0192. The number of carboxylic acid groups (broad SMARTS) is 1. The molecule has 1 saturated carbocycles. The van der Waals surface area contributed by atoms with E-state index in [0.717, 1.165) is 24.1 Å². The van der Waals surface area contributed by atoms with E-state index in [2.05, 4.69) is 10.1 Å². The van der Waals surface area contributed by atoms with E-state index in [4.69, 9.17) is 4.84 Å². The number of carboxylic acids is 1. The van der Waals surface area contributed by atoms with Gasteiger partial charge >= 0.3 is 5.97 Å². The normalized spacial score (nSPS) is 22.0. The Hall–Kier alpha value is -3.75. The number of carbonyl (C=O) groups is 1. The van der Waals surface area contributed by atoms with Crippen LogP contribution < -0.4 is 10.3 Å². The Morgan fingerprint density at radius 3 is 2.81 bits per heavy atom. The van der Waals surface area contributed by atoms with E-state index in [0.29, 0.717) is 24.3 Å². The fraction of sp³-hybridized carbons (Fsp3) is 0.304. The summed E-state index contributed by atoms with van der Waals surface area (Å²) in [5.74, 6) is -1.88. The zero-order valence-corrected chi connectivity index (χ0v) is 16.9. The van der Waals surface area contributed by atoms with Crippen LogP contribution >= 0.6 is 0 Å². The van der Waals surface area contributed by atoms with Crippen LogP contribution in [0.3, 0.4) is 0 Å². The van der Waals surface area contributed by atoms with Gasteiger partial charge in [0.25, 0.3) is 0 Å². The van der Waals surface area contributed by atoms with Gasteiger partial charge in [-0.2, -0.15) is 0 Å². The molecule has 1 aromatic carbocycles. The summed E-state index contributed by atoms with van der Waals surface area (Å²) in [7, 11) is 0. The van der Waals surface area contributed by atoms with Crippen molar-refractivity contribution in [3.8, 4) is 0 Å². The lowest BCUT2D eigenvalue weighted by Gasteiger charge is -2.21. The van der Waals surface area contributed by atoms with Crippen LogP contribution in [0.4, 0.5) is 10.1 Å². The summed E-state index contributed by atoms with van der Waals surface area (Å²) in [6.07, 6.45) is 6.42. The number of oxime groups is 1. The fourth-order valence-corrected chi connectivity index (χ4v) is 4.72. The van der Waals surface area contributed by atoms with Gasteiger partial charge in [0.15, 0.2) is 6.10 Å². The maximum absolute atomic E-state index is 15.2. The standard InChI is InChI=1S/C23H19FN4O4/c24-17-6-14-18(28(13-3-4-13)10-16(22(14)29)23(30)31)7-19(17)27-9-15-20(11-27)32-26-21(15)12-2-1-5-25-8-12/h1-2,5-8,10,13,15,20H,3-4,9,11H2,(H,30,31). The molecule has 2 fully saturated rings. The predicted molar refractivity (Wildman–Crippen MR) is 115 cm³/mol. The molecule has 2 atom stereocenters. The zero-order chi connectivity index (χ0) is 22.0. The van der Waals surface area contributed by atoms with E-state index in [9.17, 15) is 14.7 Å². The largest absolute Gasteiger partial charge is 0.477 e. The number of anilines is 1. The molecule has 4 heterocycles. The van der Waals surface area contributed by atoms with Crippen molar-refractivity contribution in [3.05, 3.63) is 70.0 Å². The Morgan fingerprint density at radius 2 is 2.09 bits per heavy atom. The highest BCUT2D eigenvalue weighted by Crippen LogP contribution is 2.39. The number of aromatic carboxylic acids is 1. The van der Waals surface area contributed by atoms with E-state index in [1.54, 1.807) is 23.0 Å². The molecule has 3 aromatic rings. The number of hydrogen-bond donors (Lipinski definition) is 1. The van der Waals surface area contributed by atoms with Crippen LogP contribution in [0.25, 0.3) is 10.9 Å². The van der Waals surface area contributed by atoms with Crippen molar-refractivity contribution in [2.45, 2.75) is 25.0 Å². The van der Waals surface area contributed by atoms with Gasteiger partial charge in [0, 0.05) is 42.1 Å². The maximum atomic E-state index is 15.2. The van der Waals surface area contributed by atoms with Crippen molar-refractivity contribution < 1.29 is 19.1 Å². The number of fused-ring (bicyclic) bond motifs is 2. The lowest BCUT2D eigenvalue weighted by Crippen LogP contribution is -2.25. The van der Waals surface area contributed by atoms with E-state index in [1.807, 2.05) is 17.0 Å². The Labute approximate surface area is 181 Å². The third kappa shape index (κ3) is 2.88. The number of nitrogens with zero attached hydrogens (tertiary/aromatic N) is 4. The first-order valence-corrected chi connectivity index (χ1v) is 10.5. The molecule has 0 bridgehead atoms. The molecule has 2 aromatic heterocycles. The van der Waals surface area contributed by atoms with Gasteiger partial charge in [-0.15, -0.1) is 0 Å². The van der Waals surface area contributed by atoms with E-state index in [-0.39, 0.29) is 29.0 Å². The number of pyridine rings is 2. The summed E-state index contributed by atoms with van der Waals surface area (Å²) in [6.45, 7) is 0.975. The van der Waals surface area contributed by atoms with Crippen molar-refractivity contribution in [1.82, 2.24) is 9.55 Å². The number of rotatable bonds is 4. The van der Waals surface area contributed by atoms with Crippen LogP contribution in [0, 0.1) is 11.7 Å². The topological polar surface area (TPSA) is 97.0 Å². The van der Waals surface area contributed by atoms with Crippen molar-refractivity contribution in [1.29, 1.82) is 0 Å². The Balaban J connectivity index is 1.40. The molecule has 162 valence electrons. The van der Waals surface area contributed by atoms with Gasteiger partial charge in [0.2, 0.25) is 5.43 Å². The summed E-state index contributed by atoms with van der Waals surface area (Å²) in [5, 5.41) is 13.7. The number of hydrogen-bond acceptors (Lipinski definition) is 6. The van der Waals surface area contributed by atoms with Gasteiger partial charge in [-0.25, -0.2) is 9.18 Å². The highest BCUT2D eigenvalue weighted by molar-refractivity contribution is 6.03. The van der Waals surface area contributed by atoms with Crippen molar-refractivity contribution in [2.75, 3.05) is 18.0 Å². The second-order valence-corrected chi connectivity index (χ2v) is 8.51. The first-order valence-electron chi connectivity index (χ1n) is 10.5. The van der Waals surface area contributed by atoms with Gasteiger partial charge in [-0.05, 0) is 37.1 Å². The monoisotopic (exact) mass is 434 g/mol. The lowest BCUT2D eigenvalue weighted by atomic mass is 9.96. The van der Waals surface area contributed by atoms with E-state index < -0.39 is 17.2 Å². The summed E-state index contributed by atoms with van der Waals surface area (Å²) in [4.78, 5) is 35.9. The van der Waals surface area contributed by atoms with E-state index >= 15 is 4.39 Å². The molecule has 2 aliphatic heterocycles. The second-order valence-electron chi connectivity index (χ2n) is 8.51. The highest BCUT2D eigenvalue weighted by atomic mass is 19.1. The molecular formula is C23H19FN4O4. The number of aromatic nitrogens is 2. The zero-order valence-electron chi connectivity index (χ0n) is 16.9. The molecule has 2 unspecified atom stereocenters. The van der Waals surface area contributed by atoms with Crippen molar-refractivity contribution in [2.24, 2.45) is 11.1 Å². The minimum Gasteiger partial charge on any atom is -0.477 e. The molecule has 32 heavy (non-hydrogen) atoms. The summed E-state index contributed by atoms with van der Waals surface area (Å²) >= 11 is 0. The minimum atomic E-state index is -1.30. The summed E-state index contributed by atoms with van der Waals surface area (Å²) in [6, 6.07) is 6.72. The average Bonchev–Trinajstić information content (AvgIpc) is 3.42. The molecule has 0 radical (unpaired) electrons. The quantitative estimate of drug-likeness (QED) is 0.678. The van der Waals surface area contributed by atoms with Gasteiger partial charge in [0.1, 0.15) is 11.4 Å². The Bertz CT molecular complexity index is 1350. The summed E-state index contributed by atoms with van der Waals surface area (Å²) in [5.41, 5.74) is 1.61. The summed E-state index contributed by atoms with van der Waals surface area (Å²) < 4.78 is 17.0. The third-order valence-electron chi connectivity index (χ3n) is 6.47. The maximum Gasteiger partial charge on any atom is 0.341 e. The molecule has 6 rings (SSSR count). The molecule has 1 aliphatic carbocycles. The lowest BCUT2D eigenvalue weighted by molar-refractivity contribution is 0.0694. The van der Waals surface area contributed by atoms with Crippen LogP contribution in [-0.2, 0) is 4.84 Å². The van der Waals surface area contributed by atoms with E-state index in [1.165, 1.54) is 12.3 Å². The third-order valence-corrected chi connectivity index (χ3v) is 6.47. The highest BCUT2D eigenvalue weighted by Gasteiger charge is 2.43. The fourth-order valence-electron chi connectivity index (χ4n) is 4.72. The van der Waals surface area contributed by atoms with Gasteiger partial charge in [-0.3, -0.25) is 9.78 Å². The Morgan fingerprint density at radius 1 is 1.25 bits per heavy atom. The number of halogens is 1. The van der Waals surface area contributed by atoms with Crippen LogP contribution in [0.15, 0.2) is 52.8 Å². The molecule has 3 aliphatic rings. The SMILES string of the molecule is O=C(O)c1cn(C2CC2)c2cc(N3CC4ON=C(c5cccnc5)C4C3)c(F)cc2c1=O. The molecule has 0 amide bonds. The first kappa shape index (κ1) is 19.0. The van der Waals surface area contributed by atoms with Gasteiger partial charge in [0.05, 0.1) is 29.4 Å². The molecule has 9 heteroatoms. The van der Waals surface area contributed by atoms with Crippen molar-refractivity contribution in [3.63, 3.8) is 0 Å². The van der Waals surface area contributed by atoms with Crippen LogP contribution in [0.5, 0.6) is 0 Å². The molecule has 8 nitrogen and oxygen atoms in total. The molecule has 1 N–H and O–H groups in total. The first-order chi connectivity index (χ1) is 15.5. The molecule has 1 saturated heterocycles. The number of benzene rings is 1. The Kier molecular flexibility index (Phi) is 4.08. The van der Waals surface area contributed by atoms with Gasteiger partial charge < -0.3 is 19.4 Å². The van der Waals surface area contributed by atoms with Crippen LogP contribution in [0.2, 0.25) is 0 Å². The van der Waals surface area contributed by atoms with Crippen LogP contribution in [0.1, 0.15) is 34.8 Å². The van der Waals surface area contributed by atoms with Crippen LogP contribution in [-0.4, -0.2) is 45.5 Å². The second kappa shape index (κ2) is 6.88. The predicted octanol–water partition coefficient (Wildman–Crippen LogP) is 2.81. The van der Waals surface area contributed by atoms with Gasteiger partial charge in [-0.1, -0.05) is 5.16 Å². The smallest absolute Gasteiger partial charge is 0.341 e.